The van der Waals surface area contributed by atoms with Crippen molar-refractivity contribution in [3.8, 4) is 5.75 Å². The molecule has 0 unspecified atom stereocenters. The van der Waals surface area contributed by atoms with Crippen molar-refractivity contribution in [2.45, 2.75) is 38.6 Å². The Balaban J connectivity index is 1.74. The zero-order valence-corrected chi connectivity index (χ0v) is 10.4. The predicted octanol–water partition coefficient (Wildman–Crippen LogP) is 3.02. The van der Waals surface area contributed by atoms with Crippen molar-refractivity contribution in [1.82, 2.24) is 5.32 Å². The zero-order chi connectivity index (χ0) is 12.1. The van der Waals surface area contributed by atoms with Crippen LogP contribution in [-0.2, 0) is 6.42 Å². The standard InChI is InChI=1S/C15H21NO/c1-12(4-3-9-16-14-7-8-14)10-13-5-2-6-15(17)11-13/h2,4-6,11,14,16-17H,3,7-10H2,1H3. The summed E-state index contributed by atoms with van der Waals surface area (Å²) in [6, 6.07) is 8.29. The first-order valence-electron chi connectivity index (χ1n) is 6.41. The normalized spacial score (nSPS) is 16.2. The molecule has 0 aliphatic heterocycles. The fourth-order valence-electron chi connectivity index (χ4n) is 1.95. The second-order valence-electron chi connectivity index (χ2n) is 4.91. The van der Waals surface area contributed by atoms with Crippen LogP contribution in [0.15, 0.2) is 35.9 Å². The molecular weight excluding hydrogens is 210 g/mol. The highest BCUT2D eigenvalue weighted by Crippen LogP contribution is 2.18. The van der Waals surface area contributed by atoms with Gasteiger partial charge in [-0.2, -0.15) is 0 Å². The summed E-state index contributed by atoms with van der Waals surface area (Å²) in [7, 11) is 0. The fraction of sp³-hybridized carbons (Fsp3) is 0.467. The van der Waals surface area contributed by atoms with Crippen molar-refractivity contribution in [2.24, 2.45) is 0 Å². The molecule has 0 saturated heterocycles. The van der Waals surface area contributed by atoms with Gasteiger partial charge in [0.1, 0.15) is 5.75 Å². The molecule has 0 spiro atoms. The first-order valence-corrected chi connectivity index (χ1v) is 6.41. The summed E-state index contributed by atoms with van der Waals surface area (Å²) in [5.41, 5.74) is 2.54. The van der Waals surface area contributed by atoms with Crippen molar-refractivity contribution in [3.63, 3.8) is 0 Å². The van der Waals surface area contributed by atoms with E-state index in [0.717, 1.165) is 25.4 Å². The van der Waals surface area contributed by atoms with E-state index in [9.17, 15) is 5.11 Å². The Hall–Kier alpha value is -1.28. The highest BCUT2D eigenvalue weighted by atomic mass is 16.3. The Kier molecular flexibility index (Phi) is 4.21. The van der Waals surface area contributed by atoms with Crippen LogP contribution in [0.25, 0.3) is 0 Å². The summed E-state index contributed by atoms with van der Waals surface area (Å²) in [4.78, 5) is 0. The Labute approximate surface area is 103 Å². The first-order chi connectivity index (χ1) is 8.24. The van der Waals surface area contributed by atoms with E-state index >= 15 is 0 Å². The predicted molar refractivity (Wildman–Crippen MR) is 71.2 cm³/mol. The van der Waals surface area contributed by atoms with Crippen LogP contribution in [0.2, 0.25) is 0 Å². The van der Waals surface area contributed by atoms with Crippen LogP contribution in [0.4, 0.5) is 0 Å². The zero-order valence-electron chi connectivity index (χ0n) is 10.4. The lowest BCUT2D eigenvalue weighted by atomic mass is 10.1. The molecule has 2 nitrogen and oxygen atoms in total. The molecule has 2 rings (SSSR count). The van der Waals surface area contributed by atoms with Gasteiger partial charge in [-0.25, -0.2) is 0 Å². The van der Waals surface area contributed by atoms with Crippen molar-refractivity contribution < 1.29 is 5.11 Å². The average Bonchev–Trinajstić information content (AvgIpc) is 3.08. The van der Waals surface area contributed by atoms with Crippen molar-refractivity contribution in [2.75, 3.05) is 6.54 Å². The molecule has 92 valence electrons. The fourth-order valence-corrected chi connectivity index (χ4v) is 1.95. The molecule has 1 aromatic rings. The molecule has 17 heavy (non-hydrogen) atoms. The minimum absolute atomic E-state index is 0.353. The van der Waals surface area contributed by atoms with Gasteiger partial charge in [0.2, 0.25) is 0 Å². The van der Waals surface area contributed by atoms with Gasteiger partial charge in [0.15, 0.2) is 0 Å². The summed E-state index contributed by atoms with van der Waals surface area (Å²) in [5, 5.41) is 12.9. The number of aromatic hydroxyl groups is 1. The number of allylic oxidation sites excluding steroid dienone is 1. The van der Waals surface area contributed by atoms with Crippen LogP contribution in [-0.4, -0.2) is 17.7 Å². The van der Waals surface area contributed by atoms with E-state index in [1.165, 1.54) is 24.0 Å². The molecule has 1 aliphatic rings. The Morgan fingerprint density at radius 3 is 3.00 bits per heavy atom. The second-order valence-corrected chi connectivity index (χ2v) is 4.91. The molecule has 2 N–H and O–H groups in total. The van der Waals surface area contributed by atoms with E-state index in [2.05, 4.69) is 24.4 Å². The summed E-state index contributed by atoms with van der Waals surface area (Å²) in [5.74, 6) is 0.353. The van der Waals surface area contributed by atoms with E-state index in [4.69, 9.17) is 0 Å². The number of phenolic OH excluding ortho intramolecular Hbond substituents is 1. The third-order valence-electron chi connectivity index (χ3n) is 3.04. The molecule has 1 fully saturated rings. The molecule has 1 aromatic carbocycles. The Bertz CT molecular complexity index is 394. The minimum Gasteiger partial charge on any atom is -0.508 e. The van der Waals surface area contributed by atoms with Gasteiger partial charge in [0.05, 0.1) is 0 Å². The van der Waals surface area contributed by atoms with Gasteiger partial charge >= 0.3 is 0 Å². The highest BCUT2D eigenvalue weighted by Gasteiger charge is 2.19. The first kappa shape index (κ1) is 12.2. The van der Waals surface area contributed by atoms with Gasteiger partial charge in [-0.3, -0.25) is 0 Å². The van der Waals surface area contributed by atoms with Crippen LogP contribution in [0.1, 0.15) is 31.7 Å². The smallest absolute Gasteiger partial charge is 0.115 e. The summed E-state index contributed by atoms with van der Waals surface area (Å²) in [6.07, 6.45) is 7.02. The number of nitrogens with one attached hydrogen (secondary N) is 1. The molecule has 0 radical (unpaired) electrons. The van der Waals surface area contributed by atoms with Crippen molar-refractivity contribution >= 4 is 0 Å². The van der Waals surface area contributed by atoms with Gasteiger partial charge in [-0.05, 0) is 56.8 Å². The van der Waals surface area contributed by atoms with Crippen molar-refractivity contribution in [1.29, 1.82) is 0 Å². The Morgan fingerprint density at radius 2 is 2.29 bits per heavy atom. The SMILES string of the molecule is CC(=CCCNC1CC1)Cc1cccc(O)c1. The van der Waals surface area contributed by atoms with Crippen LogP contribution in [0.5, 0.6) is 5.75 Å². The van der Waals surface area contributed by atoms with Gasteiger partial charge < -0.3 is 10.4 Å². The second kappa shape index (κ2) is 5.87. The number of phenols is 1. The number of benzene rings is 1. The molecule has 0 bridgehead atoms. The topological polar surface area (TPSA) is 32.3 Å². The maximum absolute atomic E-state index is 9.38. The van der Waals surface area contributed by atoms with Gasteiger partial charge in [0, 0.05) is 6.04 Å². The molecular formula is C15H21NO. The summed E-state index contributed by atoms with van der Waals surface area (Å²) in [6.45, 7) is 3.24. The van der Waals surface area contributed by atoms with Gasteiger partial charge in [-0.15, -0.1) is 0 Å². The maximum atomic E-state index is 9.38. The highest BCUT2D eigenvalue weighted by molar-refractivity contribution is 5.29. The van der Waals surface area contributed by atoms with E-state index in [-0.39, 0.29) is 0 Å². The van der Waals surface area contributed by atoms with Gasteiger partial charge in [0.25, 0.3) is 0 Å². The number of rotatable bonds is 6. The average molecular weight is 231 g/mol. The van der Waals surface area contributed by atoms with Crippen LogP contribution in [0.3, 0.4) is 0 Å². The lowest BCUT2D eigenvalue weighted by Crippen LogP contribution is -2.16. The maximum Gasteiger partial charge on any atom is 0.115 e. The number of hydrogen-bond donors (Lipinski definition) is 2. The molecule has 0 heterocycles. The largest absolute Gasteiger partial charge is 0.508 e. The quantitative estimate of drug-likeness (QED) is 0.582. The summed E-state index contributed by atoms with van der Waals surface area (Å²) < 4.78 is 0. The lowest BCUT2D eigenvalue weighted by molar-refractivity contribution is 0.474. The third kappa shape index (κ3) is 4.61. The summed E-state index contributed by atoms with van der Waals surface area (Å²) >= 11 is 0. The van der Waals surface area contributed by atoms with Crippen LogP contribution < -0.4 is 5.32 Å². The van der Waals surface area contributed by atoms with E-state index in [0.29, 0.717) is 5.75 Å². The molecule has 0 amide bonds. The van der Waals surface area contributed by atoms with Gasteiger partial charge in [-0.1, -0.05) is 23.8 Å². The van der Waals surface area contributed by atoms with Crippen molar-refractivity contribution in [3.05, 3.63) is 41.5 Å². The number of hydrogen-bond acceptors (Lipinski definition) is 2. The molecule has 0 atom stereocenters. The lowest BCUT2D eigenvalue weighted by Gasteiger charge is -2.04. The monoisotopic (exact) mass is 231 g/mol. The molecule has 1 saturated carbocycles. The van der Waals surface area contributed by atoms with E-state index < -0.39 is 0 Å². The minimum atomic E-state index is 0.353. The Morgan fingerprint density at radius 1 is 1.47 bits per heavy atom. The van der Waals surface area contributed by atoms with E-state index in [1.807, 2.05) is 12.1 Å². The molecule has 1 aliphatic carbocycles. The van der Waals surface area contributed by atoms with E-state index in [1.54, 1.807) is 6.07 Å². The molecule has 0 aromatic heterocycles. The van der Waals surface area contributed by atoms with Crippen LogP contribution in [0, 0.1) is 0 Å². The van der Waals surface area contributed by atoms with Crippen LogP contribution >= 0.6 is 0 Å². The molecule has 2 heteroatoms. The third-order valence-corrected chi connectivity index (χ3v) is 3.04.